The van der Waals surface area contributed by atoms with E-state index in [2.05, 4.69) is 16.0 Å². The molecule has 2 aromatic rings. The van der Waals surface area contributed by atoms with Gasteiger partial charge in [0, 0.05) is 30.4 Å². The van der Waals surface area contributed by atoms with Crippen LogP contribution in [0.3, 0.4) is 0 Å². The van der Waals surface area contributed by atoms with Crippen LogP contribution in [0.1, 0.15) is 40.5 Å². The highest BCUT2D eigenvalue weighted by Gasteiger charge is 2.12. The lowest BCUT2D eigenvalue weighted by Crippen LogP contribution is -2.37. The van der Waals surface area contributed by atoms with Gasteiger partial charge in [0.1, 0.15) is 5.75 Å². The van der Waals surface area contributed by atoms with Crippen LogP contribution in [-0.2, 0) is 4.79 Å². The van der Waals surface area contributed by atoms with Gasteiger partial charge in [-0.25, -0.2) is 4.79 Å². The molecule has 0 unspecified atom stereocenters. The molecule has 0 atom stereocenters. The smallest absolute Gasteiger partial charge is 0.319 e. The molecule has 3 amide bonds. The Morgan fingerprint density at radius 1 is 0.897 bits per heavy atom. The quantitative estimate of drug-likeness (QED) is 0.544. The van der Waals surface area contributed by atoms with Gasteiger partial charge in [-0.2, -0.15) is 0 Å². The average molecular weight is 399 g/mol. The minimum absolute atomic E-state index is 0.131. The second-order valence-corrected chi connectivity index (χ2v) is 6.51. The third kappa shape index (κ3) is 7.03. The van der Waals surface area contributed by atoms with Crippen molar-refractivity contribution in [3.8, 4) is 17.2 Å². The van der Waals surface area contributed by atoms with Crippen LogP contribution in [0.25, 0.3) is 0 Å². The summed E-state index contributed by atoms with van der Waals surface area (Å²) in [4.78, 5) is 23.3. The highest BCUT2D eigenvalue weighted by atomic mass is 16.5. The lowest BCUT2D eigenvalue weighted by Gasteiger charge is -2.17. The Morgan fingerprint density at radius 3 is 2.14 bits per heavy atom. The van der Waals surface area contributed by atoms with Gasteiger partial charge in [-0.05, 0) is 56.2 Å². The van der Waals surface area contributed by atoms with Crippen LogP contribution in [0, 0.1) is 0 Å². The molecule has 0 aliphatic carbocycles. The molecule has 7 nitrogen and oxygen atoms in total. The fourth-order valence-electron chi connectivity index (χ4n) is 2.72. The Hall–Kier alpha value is -3.22. The van der Waals surface area contributed by atoms with Crippen LogP contribution in [0.2, 0.25) is 0 Å². The summed E-state index contributed by atoms with van der Waals surface area (Å²) in [6.45, 7) is 7.87. The van der Waals surface area contributed by atoms with E-state index in [0.717, 1.165) is 12.8 Å². The van der Waals surface area contributed by atoms with Gasteiger partial charge < -0.3 is 25.4 Å². The number of amides is 3. The second-order valence-electron chi connectivity index (χ2n) is 6.51. The lowest BCUT2D eigenvalue weighted by atomic mass is 10.2. The molecule has 0 fully saturated rings. The molecule has 2 rings (SSSR count). The van der Waals surface area contributed by atoms with E-state index < -0.39 is 0 Å². The first kappa shape index (κ1) is 22.1. The number of carbonyl (C=O) groups excluding carboxylic acids is 2. The SMILES string of the molecule is CCOc1cc(NC(=O)NC(CC)CC)ccc1Oc1ccc(NC(C)=O)cc1. The maximum atomic E-state index is 12.2. The summed E-state index contributed by atoms with van der Waals surface area (Å²) in [6, 6.07) is 12.2. The number of hydrogen-bond donors (Lipinski definition) is 3. The number of carbonyl (C=O) groups is 2. The molecule has 156 valence electrons. The van der Waals surface area contributed by atoms with E-state index in [9.17, 15) is 9.59 Å². The van der Waals surface area contributed by atoms with Crippen LogP contribution in [0.4, 0.5) is 16.2 Å². The molecule has 0 aliphatic heterocycles. The van der Waals surface area contributed by atoms with Crippen molar-refractivity contribution in [2.24, 2.45) is 0 Å². The van der Waals surface area contributed by atoms with E-state index >= 15 is 0 Å². The van der Waals surface area contributed by atoms with Crippen molar-refractivity contribution < 1.29 is 19.1 Å². The zero-order valence-electron chi connectivity index (χ0n) is 17.4. The Balaban J connectivity index is 2.10. The maximum Gasteiger partial charge on any atom is 0.319 e. The monoisotopic (exact) mass is 399 g/mol. The van der Waals surface area contributed by atoms with Crippen LogP contribution in [0.15, 0.2) is 42.5 Å². The normalized spacial score (nSPS) is 10.4. The molecule has 7 heteroatoms. The topological polar surface area (TPSA) is 88.7 Å². The Morgan fingerprint density at radius 2 is 1.55 bits per heavy atom. The van der Waals surface area contributed by atoms with Crippen molar-refractivity contribution in [3.05, 3.63) is 42.5 Å². The van der Waals surface area contributed by atoms with Gasteiger partial charge in [0.05, 0.1) is 6.61 Å². The molecule has 3 N–H and O–H groups in total. The molecule has 0 saturated heterocycles. The number of hydrogen-bond acceptors (Lipinski definition) is 4. The van der Waals surface area contributed by atoms with Crippen molar-refractivity contribution in [2.75, 3.05) is 17.2 Å². The standard InChI is InChI=1S/C22H29N3O4/c1-5-16(6-2)24-22(27)25-18-10-13-20(21(14-18)28-7-3)29-19-11-8-17(9-12-19)23-15(4)26/h8-14,16H,5-7H2,1-4H3,(H,23,26)(H2,24,25,27). The first-order valence-corrected chi connectivity index (χ1v) is 9.85. The molecule has 0 saturated carbocycles. The van der Waals surface area contributed by atoms with Gasteiger partial charge >= 0.3 is 6.03 Å². The van der Waals surface area contributed by atoms with Crippen LogP contribution < -0.4 is 25.4 Å². The Bertz CT molecular complexity index is 817. The Kier molecular flexibility index (Phi) is 8.33. The first-order chi connectivity index (χ1) is 13.9. The second kappa shape index (κ2) is 10.9. The predicted octanol–water partition coefficient (Wildman–Crippen LogP) is 5.15. The molecule has 0 aromatic heterocycles. The minimum Gasteiger partial charge on any atom is -0.490 e. The number of benzene rings is 2. The minimum atomic E-state index is -0.247. The van der Waals surface area contributed by atoms with E-state index in [0.29, 0.717) is 35.2 Å². The summed E-state index contributed by atoms with van der Waals surface area (Å²) in [6.07, 6.45) is 1.75. The fourth-order valence-corrected chi connectivity index (χ4v) is 2.72. The van der Waals surface area contributed by atoms with Gasteiger partial charge in [0.15, 0.2) is 11.5 Å². The zero-order chi connectivity index (χ0) is 21.2. The van der Waals surface area contributed by atoms with Gasteiger partial charge in [-0.3, -0.25) is 4.79 Å². The van der Waals surface area contributed by atoms with Crippen LogP contribution >= 0.6 is 0 Å². The van der Waals surface area contributed by atoms with Crippen molar-refractivity contribution in [3.63, 3.8) is 0 Å². The third-order valence-corrected chi connectivity index (χ3v) is 4.22. The molecule has 0 aliphatic rings. The van der Waals surface area contributed by atoms with Gasteiger partial charge in [0.2, 0.25) is 5.91 Å². The molecule has 2 aromatic carbocycles. The van der Waals surface area contributed by atoms with Crippen molar-refractivity contribution in [1.29, 1.82) is 0 Å². The largest absolute Gasteiger partial charge is 0.490 e. The zero-order valence-corrected chi connectivity index (χ0v) is 17.4. The number of ether oxygens (including phenoxy) is 2. The summed E-state index contributed by atoms with van der Waals surface area (Å²) >= 11 is 0. The van der Waals surface area contributed by atoms with E-state index in [1.165, 1.54) is 6.92 Å². The number of rotatable bonds is 9. The number of anilines is 2. The van der Waals surface area contributed by atoms with E-state index in [4.69, 9.17) is 9.47 Å². The van der Waals surface area contributed by atoms with Gasteiger partial charge in [-0.1, -0.05) is 13.8 Å². The summed E-state index contributed by atoms with van der Waals surface area (Å²) in [7, 11) is 0. The molecular formula is C22H29N3O4. The first-order valence-electron chi connectivity index (χ1n) is 9.85. The van der Waals surface area contributed by atoms with Crippen LogP contribution in [-0.4, -0.2) is 24.6 Å². The van der Waals surface area contributed by atoms with Gasteiger partial charge in [-0.15, -0.1) is 0 Å². The predicted molar refractivity (Wildman–Crippen MR) is 115 cm³/mol. The summed E-state index contributed by atoms with van der Waals surface area (Å²) < 4.78 is 11.6. The molecule has 0 bridgehead atoms. The van der Waals surface area contributed by atoms with E-state index in [-0.39, 0.29) is 18.0 Å². The summed E-state index contributed by atoms with van der Waals surface area (Å²) in [5.41, 5.74) is 1.31. The number of urea groups is 1. The molecule has 0 spiro atoms. The third-order valence-electron chi connectivity index (χ3n) is 4.22. The van der Waals surface area contributed by atoms with Crippen LogP contribution in [0.5, 0.6) is 17.2 Å². The van der Waals surface area contributed by atoms with Crippen molar-refractivity contribution in [2.45, 2.75) is 46.6 Å². The van der Waals surface area contributed by atoms with E-state index in [1.54, 1.807) is 42.5 Å². The molecule has 29 heavy (non-hydrogen) atoms. The summed E-state index contributed by atoms with van der Waals surface area (Å²) in [5.74, 6) is 1.53. The number of nitrogens with one attached hydrogen (secondary N) is 3. The fraction of sp³-hybridized carbons (Fsp3) is 0.364. The highest BCUT2D eigenvalue weighted by Crippen LogP contribution is 2.34. The van der Waals surface area contributed by atoms with Crippen molar-refractivity contribution in [1.82, 2.24) is 5.32 Å². The van der Waals surface area contributed by atoms with Crippen molar-refractivity contribution >= 4 is 23.3 Å². The molecule has 0 heterocycles. The highest BCUT2D eigenvalue weighted by molar-refractivity contribution is 5.90. The molecular weight excluding hydrogens is 370 g/mol. The van der Waals surface area contributed by atoms with Gasteiger partial charge in [0.25, 0.3) is 0 Å². The Labute approximate surface area is 171 Å². The maximum absolute atomic E-state index is 12.2. The van der Waals surface area contributed by atoms with E-state index in [1.807, 2.05) is 20.8 Å². The average Bonchev–Trinajstić information content (AvgIpc) is 2.69. The lowest BCUT2D eigenvalue weighted by molar-refractivity contribution is -0.114. The summed E-state index contributed by atoms with van der Waals surface area (Å²) in [5, 5.41) is 8.48. The molecule has 0 radical (unpaired) electrons.